The maximum absolute atomic E-state index is 5.60. The van der Waals surface area contributed by atoms with E-state index in [4.69, 9.17) is 4.42 Å². The van der Waals surface area contributed by atoms with E-state index in [0.717, 1.165) is 24.7 Å². The fourth-order valence-corrected chi connectivity index (χ4v) is 1.25. The average molecular weight is 166 g/mol. The van der Waals surface area contributed by atoms with Crippen LogP contribution in [0.4, 0.5) is 0 Å². The maximum Gasteiger partial charge on any atom is 0.196 e. The van der Waals surface area contributed by atoms with Crippen molar-refractivity contribution in [2.24, 2.45) is 0 Å². The molecule has 1 fully saturated rings. The molecule has 1 N–H and O–H groups in total. The molecule has 0 aliphatic carbocycles. The van der Waals surface area contributed by atoms with E-state index in [9.17, 15) is 0 Å². The molecule has 0 spiro atoms. The van der Waals surface area contributed by atoms with Gasteiger partial charge < -0.3 is 9.73 Å². The van der Waals surface area contributed by atoms with Crippen LogP contribution in [0.15, 0.2) is 10.6 Å². The van der Waals surface area contributed by atoms with Crippen molar-refractivity contribution in [3.05, 3.63) is 17.8 Å². The minimum atomic E-state index is 0.395. The Labute approximate surface area is 72.2 Å². The molecule has 0 saturated carbocycles. The van der Waals surface area contributed by atoms with Crippen LogP contribution in [-0.4, -0.2) is 18.1 Å². The van der Waals surface area contributed by atoms with Gasteiger partial charge in [-0.1, -0.05) is 13.8 Å². The summed E-state index contributed by atoms with van der Waals surface area (Å²) >= 11 is 0. The van der Waals surface area contributed by atoms with Gasteiger partial charge in [0, 0.05) is 24.9 Å². The molecular weight excluding hydrogens is 152 g/mol. The molecule has 66 valence electrons. The van der Waals surface area contributed by atoms with E-state index in [1.807, 2.05) is 6.20 Å². The van der Waals surface area contributed by atoms with Crippen molar-refractivity contribution >= 4 is 0 Å². The van der Waals surface area contributed by atoms with Crippen LogP contribution in [0.25, 0.3) is 0 Å². The number of nitrogens with one attached hydrogen (secondary N) is 1. The first kappa shape index (κ1) is 7.80. The van der Waals surface area contributed by atoms with Crippen molar-refractivity contribution in [3.8, 4) is 0 Å². The quantitative estimate of drug-likeness (QED) is 0.723. The number of hydrogen-bond donors (Lipinski definition) is 1. The molecule has 1 aliphatic heterocycles. The third-order valence-corrected chi connectivity index (χ3v) is 2.22. The minimum Gasteiger partial charge on any atom is -0.445 e. The van der Waals surface area contributed by atoms with Gasteiger partial charge in [0.2, 0.25) is 0 Å². The number of aromatic nitrogens is 1. The molecule has 1 aliphatic rings. The van der Waals surface area contributed by atoms with Gasteiger partial charge in [0.15, 0.2) is 5.89 Å². The zero-order chi connectivity index (χ0) is 8.55. The Bertz CT molecular complexity index is 263. The van der Waals surface area contributed by atoms with Crippen LogP contribution in [0.2, 0.25) is 0 Å². The highest BCUT2D eigenvalue weighted by Crippen LogP contribution is 2.23. The Morgan fingerprint density at radius 1 is 1.58 bits per heavy atom. The van der Waals surface area contributed by atoms with Gasteiger partial charge in [0.1, 0.15) is 5.76 Å². The van der Waals surface area contributed by atoms with Crippen molar-refractivity contribution in [1.82, 2.24) is 10.3 Å². The van der Waals surface area contributed by atoms with E-state index < -0.39 is 0 Å². The molecule has 1 aromatic rings. The summed E-state index contributed by atoms with van der Waals surface area (Å²) in [6.07, 6.45) is 1.86. The molecule has 2 rings (SSSR count). The molecule has 2 heterocycles. The molecule has 0 radical (unpaired) electrons. The Balaban J connectivity index is 2.12. The van der Waals surface area contributed by atoms with Crippen LogP contribution >= 0.6 is 0 Å². The first-order valence-corrected chi connectivity index (χ1v) is 4.43. The second kappa shape index (κ2) is 2.90. The van der Waals surface area contributed by atoms with Crippen molar-refractivity contribution in [1.29, 1.82) is 0 Å². The van der Waals surface area contributed by atoms with Gasteiger partial charge in [0.05, 0.1) is 6.20 Å². The molecular formula is C9H14N2O. The van der Waals surface area contributed by atoms with Gasteiger partial charge in [-0.2, -0.15) is 0 Å². The summed E-state index contributed by atoms with van der Waals surface area (Å²) in [5.74, 6) is 2.85. The van der Waals surface area contributed by atoms with Crippen molar-refractivity contribution in [2.45, 2.75) is 25.7 Å². The molecule has 0 bridgehead atoms. The number of oxazole rings is 1. The smallest absolute Gasteiger partial charge is 0.196 e. The monoisotopic (exact) mass is 166 g/mol. The molecule has 12 heavy (non-hydrogen) atoms. The lowest BCUT2D eigenvalue weighted by Crippen LogP contribution is -2.39. The minimum absolute atomic E-state index is 0.395. The number of hydrogen-bond acceptors (Lipinski definition) is 3. The molecule has 1 saturated heterocycles. The zero-order valence-electron chi connectivity index (χ0n) is 7.50. The van der Waals surface area contributed by atoms with Crippen LogP contribution in [0.1, 0.15) is 37.3 Å². The first-order chi connectivity index (χ1) is 5.77. The first-order valence-electron chi connectivity index (χ1n) is 4.43. The summed E-state index contributed by atoms with van der Waals surface area (Å²) in [5, 5.41) is 3.21. The van der Waals surface area contributed by atoms with E-state index in [-0.39, 0.29) is 0 Å². The summed E-state index contributed by atoms with van der Waals surface area (Å²) in [5.41, 5.74) is 0. The zero-order valence-corrected chi connectivity index (χ0v) is 7.50. The van der Waals surface area contributed by atoms with Crippen LogP contribution in [-0.2, 0) is 0 Å². The summed E-state index contributed by atoms with van der Waals surface area (Å²) < 4.78 is 5.60. The van der Waals surface area contributed by atoms with Crippen LogP contribution in [0, 0.1) is 0 Å². The molecule has 3 heteroatoms. The highest BCUT2D eigenvalue weighted by atomic mass is 16.4. The van der Waals surface area contributed by atoms with Gasteiger partial charge in [-0.3, -0.25) is 0 Å². The van der Waals surface area contributed by atoms with E-state index in [1.165, 1.54) is 0 Å². The molecule has 1 aromatic heterocycles. The Morgan fingerprint density at radius 3 is 2.75 bits per heavy atom. The second-order valence-electron chi connectivity index (χ2n) is 3.61. The SMILES string of the molecule is CC(C)c1ncc(C2CNC2)o1. The summed E-state index contributed by atoms with van der Waals surface area (Å²) in [4.78, 5) is 4.22. The second-order valence-corrected chi connectivity index (χ2v) is 3.61. The molecule has 0 unspecified atom stereocenters. The summed E-state index contributed by atoms with van der Waals surface area (Å²) in [6, 6.07) is 0. The van der Waals surface area contributed by atoms with E-state index in [0.29, 0.717) is 11.8 Å². The third-order valence-electron chi connectivity index (χ3n) is 2.22. The van der Waals surface area contributed by atoms with Crippen molar-refractivity contribution in [3.63, 3.8) is 0 Å². The fraction of sp³-hybridized carbons (Fsp3) is 0.667. The lowest BCUT2D eigenvalue weighted by atomic mass is 10.0. The highest BCUT2D eigenvalue weighted by molar-refractivity contribution is 5.08. The third kappa shape index (κ3) is 1.25. The average Bonchev–Trinajstić information content (AvgIpc) is 2.32. The van der Waals surface area contributed by atoms with Crippen LogP contribution in [0.5, 0.6) is 0 Å². The Morgan fingerprint density at radius 2 is 2.33 bits per heavy atom. The molecule has 0 aromatic carbocycles. The van der Waals surface area contributed by atoms with Gasteiger partial charge in [-0.05, 0) is 0 Å². The van der Waals surface area contributed by atoms with Gasteiger partial charge >= 0.3 is 0 Å². The van der Waals surface area contributed by atoms with Crippen LogP contribution < -0.4 is 5.32 Å². The largest absolute Gasteiger partial charge is 0.445 e. The van der Waals surface area contributed by atoms with Crippen molar-refractivity contribution < 1.29 is 4.42 Å². The Kier molecular flexibility index (Phi) is 1.89. The number of rotatable bonds is 2. The van der Waals surface area contributed by atoms with Gasteiger partial charge in [-0.25, -0.2) is 4.98 Å². The van der Waals surface area contributed by atoms with Crippen LogP contribution in [0.3, 0.4) is 0 Å². The van der Waals surface area contributed by atoms with Gasteiger partial charge in [-0.15, -0.1) is 0 Å². The Hall–Kier alpha value is -0.830. The van der Waals surface area contributed by atoms with Gasteiger partial charge in [0.25, 0.3) is 0 Å². The van der Waals surface area contributed by atoms with E-state index >= 15 is 0 Å². The molecule has 3 nitrogen and oxygen atoms in total. The maximum atomic E-state index is 5.60. The normalized spacial score (nSPS) is 18.2. The molecule has 0 atom stereocenters. The number of nitrogens with zero attached hydrogens (tertiary/aromatic N) is 1. The fourth-order valence-electron chi connectivity index (χ4n) is 1.25. The summed E-state index contributed by atoms with van der Waals surface area (Å²) in [6.45, 7) is 6.25. The lowest BCUT2D eigenvalue weighted by Gasteiger charge is -2.24. The predicted molar refractivity (Wildman–Crippen MR) is 46.2 cm³/mol. The lowest BCUT2D eigenvalue weighted by molar-refractivity contribution is 0.348. The molecule has 0 amide bonds. The standard InChI is InChI=1S/C9H14N2O/c1-6(2)9-11-5-8(12-9)7-3-10-4-7/h5-7,10H,3-4H2,1-2H3. The van der Waals surface area contributed by atoms with E-state index in [1.54, 1.807) is 0 Å². The van der Waals surface area contributed by atoms with E-state index in [2.05, 4.69) is 24.1 Å². The predicted octanol–water partition coefficient (Wildman–Crippen LogP) is 1.48. The van der Waals surface area contributed by atoms with Crippen molar-refractivity contribution in [2.75, 3.05) is 13.1 Å². The summed E-state index contributed by atoms with van der Waals surface area (Å²) in [7, 11) is 0. The topological polar surface area (TPSA) is 38.1 Å². The highest BCUT2D eigenvalue weighted by Gasteiger charge is 2.23.